The van der Waals surface area contributed by atoms with E-state index >= 15 is 0 Å². The number of aliphatic hydroxyl groups is 1. The minimum atomic E-state index is -0.968. The van der Waals surface area contributed by atoms with Gasteiger partial charge in [-0.05, 0) is 24.5 Å². The lowest BCUT2D eigenvalue weighted by molar-refractivity contribution is -0.0300. The number of hydrogen-bond acceptors (Lipinski definition) is 2. The predicted octanol–water partition coefficient (Wildman–Crippen LogP) is 3.33. The van der Waals surface area contributed by atoms with Gasteiger partial charge in [-0.25, -0.2) is 0 Å². The summed E-state index contributed by atoms with van der Waals surface area (Å²) in [7, 11) is 0. The number of nitrogens with two attached hydrogens (primary N) is 1. The highest BCUT2D eigenvalue weighted by atomic mass is 16.3. The third-order valence-corrected chi connectivity index (χ3v) is 4.48. The zero-order valence-electron chi connectivity index (χ0n) is 12.9. The second-order valence-electron chi connectivity index (χ2n) is 6.13. The fourth-order valence-electron chi connectivity index (χ4n) is 2.66. The number of rotatable bonds is 6. The average Bonchev–Trinajstić information content (AvgIpc) is 2.49. The van der Waals surface area contributed by atoms with Crippen molar-refractivity contribution in [2.24, 2.45) is 5.73 Å². The van der Waals surface area contributed by atoms with Gasteiger partial charge in [-0.2, -0.15) is 0 Å². The van der Waals surface area contributed by atoms with Crippen LogP contribution in [-0.4, -0.2) is 16.2 Å². The van der Waals surface area contributed by atoms with Crippen molar-refractivity contribution < 1.29 is 5.11 Å². The van der Waals surface area contributed by atoms with Crippen molar-refractivity contribution in [3.63, 3.8) is 0 Å². The summed E-state index contributed by atoms with van der Waals surface area (Å²) in [6.45, 7) is 3.97. The van der Waals surface area contributed by atoms with E-state index in [-0.39, 0.29) is 0 Å². The van der Waals surface area contributed by atoms with Gasteiger partial charge in [0.1, 0.15) is 0 Å². The Morgan fingerprint density at radius 3 is 1.57 bits per heavy atom. The average molecular weight is 283 g/mol. The van der Waals surface area contributed by atoms with E-state index in [1.54, 1.807) is 0 Å². The Morgan fingerprint density at radius 2 is 1.24 bits per heavy atom. The summed E-state index contributed by atoms with van der Waals surface area (Å²) < 4.78 is 0. The van der Waals surface area contributed by atoms with Gasteiger partial charge in [0.05, 0.1) is 5.60 Å². The Hall–Kier alpha value is -1.64. The first-order valence-electron chi connectivity index (χ1n) is 7.56. The van der Waals surface area contributed by atoms with Crippen LogP contribution in [0.2, 0.25) is 0 Å². The molecular formula is C19H25NO. The standard InChI is InChI=1S/C19H25NO/c1-3-18(2,20)19(21,14-16-10-6-4-7-11-16)15-17-12-8-5-9-13-17/h4-13,21H,3,14-15,20H2,1-2H3/t18-/m1/s1. The molecule has 0 bridgehead atoms. The van der Waals surface area contributed by atoms with Crippen molar-refractivity contribution in [1.82, 2.24) is 0 Å². The predicted molar refractivity (Wildman–Crippen MR) is 88.1 cm³/mol. The molecular weight excluding hydrogens is 258 g/mol. The van der Waals surface area contributed by atoms with Crippen molar-refractivity contribution in [3.05, 3.63) is 71.8 Å². The molecule has 0 aliphatic rings. The molecule has 1 atom stereocenters. The minimum Gasteiger partial charge on any atom is -0.387 e. The number of hydrogen-bond donors (Lipinski definition) is 2. The Balaban J connectivity index is 2.31. The largest absolute Gasteiger partial charge is 0.387 e. The molecule has 3 N–H and O–H groups in total. The SMILES string of the molecule is CC[C@@](C)(N)C(O)(Cc1ccccc1)Cc1ccccc1. The maximum absolute atomic E-state index is 11.3. The van der Waals surface area contributed by atoms with Crippen LogP contribution >= 0.6 is 0 Å². The second kappa shape index (κ2) is 6.42. The Labute approximate surface area is 127 Å². The van der Waals surface area contributed by atoms with Crippen LogP contribution in [0.4, 0.5) is 0 Å². The maximum atomic E-state index is 11.3. The van der Waals surface area contributed by atoms with Crippen LogP contribution < -0.4 is 5.73 Å². The summed E-state index contributed by atoms with van der Waals surface area (Å²) in [6, 6.07) is 20.1. The summed E-state index contributed by atoms with van der Waals surface area (Å²) in [5.41, 5.74) is 7.06. The molecule has 0 aliphatic carbocycles. The summed E-state index contributed by atoms with van der Waals surface area (Å²) >= 11 is 0. The molecule has 0 saturated heterocycles. The van der Waals surface area contributed by atoms with Crippen molar-refractivity contribution in [2.75, 3.05) is 0 Å². The highest BCUT2D eigenvalue weighted by Crippen LogP contribution is 2.31. The van der Waals surface area contributed by atoms with E-state index in [9.17, 15) is 5.11 Å². The van der Waals surface area contributed by atoms with Crippen LogP contribution in [0, 0.1) is 0 Å². The molecule has 0 unspecified atom stereocenters. The zero-order chi connectivity index (χ0) is 15.3. The zero-order valence-corrected chi connectivity index (χ0v) is 12.9. The normalized spacial score (nSPS) is 14.7. The molecule has 2 nitrogen and oxygen atoms in total. The quantitative estimate of drug-likeness (QED) is 0.854. The molecule has 21 heavy (non-hydrogen) atoms. The number of benzene rings is 2. The molecule has 0 saturated carbocycles. The van der Waals surface area contributed by atoms with E-state index in [1.807, 2.05) is 74.5 Å². The molecule has 2 rings (SSSR count). The Morgan fingerprint density at radius 1 is 0.857 bits per heavy atom. The van der Waals surface area contributed by atoms with Crippen molar-refractivity contribution in [2.45, 2.75) is 44.2 Å². The van der Waals surface area contributed by atoms with Crippen LogP contribution in [0.5, 0.6) is 0 Å². The van der Waals surface area contributed by atoms with Gasteiger partial charge in [-0.1, -0.05) is 67.6 Å². The molecule has 0 radical (unpaired) electrons. The summed E-state index contributed by atoms with van der Waals surface area (Å²) in [5, 5.41) is 11.3. The Kier molecular flexibility index (Phi) is 4.81. The third kappa shape index (κ3) is 3.72. The molecule has 0 aliphatic heterocycles. The molecule has 0 spiro atoms. The van der Waals surface area contributed by atoms with Gasteiger partial charge in [0.2, 0.25) is 0 Å². The van der Waals surface area contributed by atoms with Crippen LogP contribution in [-0.2, 0) is 12.8 Å². The van der Waals surface area contributed by atoms with Crippen molar-refractivity contribution in [1.29, 1.82) is 0 Å². The maximum Gasteiger partial charge on any atom is 0.0903 e. The summed E-state index contributed by atoms with van der Waals surface area (Å²) in [4.78, 5) is 0. The van der Waals surface area contributed by atoms with Crippen LogP contribution in [0.25, 0.3) is 0 Å². The fraction of sp³-hybridized carbons (Fsp3) is 0.368. The molecule has 0 fully saturated rings. The van der Waals surface area contributed by atoms with E-state index in [2.05, 4.69) is 0 Å². The summed E-state index contributed by atoms with van der Waals surface area (Å²) in [5.74, 6) is 0. The van der Waals surface area contributed by atoms with Crippen LogP contribution in [0.15, 0.2) is 60.7 Å². The van der Waals surface area contributed by atoms with Gasteiger partial charge >= 0.3 is 0 Å². The lowest BCUT2D eigenvalue weighted by Crippen LogP contribution is -2.60. The smallest absolute Gasteiger partial charge is 0.0903 e. The topological polar surface area (TPSA) is 46.2 Å². The first kappa shape index (κ1) is 15.7. The van der Waals surface area contributed by atoms with Crippen LogP contribution in [0.3, 0.4) is 0 Å². The molecule has 0 heterocycles. The lowest BCUT2D eigenvalue weighted by atomic mass is 9.72. The molecule has 112 valence electrons. The van der Waals surface area contributed by atoms with Gasteiger partial charge in [0.15, 0.2) is 0 Å². The second-order valence-corrected chi connectivity index (χ2v) is 6.13. The van der Waals surface area contributed by atoms with E-state index < -0.39 is 11.1 Å². The summed E-state index contributed by atoms with van der Waals surface area (Å²) in [6.07, 6.45) is 1.84. The van der Waals surface area contributed by atoms with E-state index in [1.165, 1.54) is 0 Å². The van der Waals surface area contributed by atoms with Crippen LogP contribution in [0.1, 0.15) is 31.4 Å². The lowest BCUT2D eigenvalue weighted by Gasteiger charge is -2.42. The van der Waals surface area contributed by atoms with Gasteiger partial charge in [0.25, 0.3) is 0 Å². The minimum absolute atomic E-state index is 0.559. The van der Waals surface area contributed by atoms with Gasteiger partial charge in [0, 0.05) is 18.4 Å². The molecule has 2 heteroatoms. The third-order valence-electron chi connectivity index (χ3n) is 4.48. The molecule has 2 aromatic carbocycles. The van der Waals surface area contributed by atoms with Crippen molar-refractivity contribution >= 4 is 0 Å². The van der Waals surface area contributed by atoms with E-state index in [0.29, 0.717) is 12.8 Å². The highest BCUT2D eigenvalue weighted by Gasteiger charge is 2.42. The molecule has 0 aromatic heterocycles. The highest BCUT2D eigenvalue weighted by molar-refractivity contribution is 5.24. The molecule has 2 aromatic rings. The van der Waals surface area contributed by atoms with Crippen molar-refractivity contribution in [3.8, 4) is 0 Å². The van der Waals surface area contributed by atoms with Gasteiger partial charge in [-0.3, -0.25) is 0 Å². The Bertz CT molecular complexity index is 507. The van der Waals surface area contributed by atoms with E-state index in [0.717, 1.165) is 17.5 Å². The first-order chi connectivity index (χ1) is 9.97. The van der Waals surface area contributed by atoms with E-state index in [4.69, 9.17) is 5.73 Å². The fourth-order valence-corrected chi connectivity index (χ4v) is 2.66. The first-order valence-corrected chi connectivity index (χ1v) is 7.56. The van der Waals surface area contributed by atoms with Gasteiger partial charge < -0.3 is 10.8 Å². The molecule has 0 amide bonds. The van der Waals surface area contributed by atoms with Gasteiger partial charge in [-0.15, -0.1) is 0 Å². The monoisotopic (exact) mass is 283 g/mol.